The fourth-order valence-corrected chi connectivity index (χ4v) is 3.97. The second kappa shape index (κ2) is 8.29. The van der Waals surface area contributed by atoms with E-state index < -0.39 is 0 Å². The van der Waals surface area contributed by atoms with E-state index in [9.17, 15) is 0 Å². The van der Waals surface area contributed by atoms with Crippen LogP contribution in [0.15, 0.2) is 18.3 Å². The summed E-state index contributed by atoms with van der Waals surface area (Å²) in [5.41, 5.74) is 0. The van der Waals surface area contributed by atoms with Crippen LogP contribution in [-0.4, -0.2) is 59.2 Å². The molecule has 4 heterocycles. The van der Waals surface area contributed by atoms with Gasteiger partial charge in [0, 0.05) is 57.4 Å². The molecule has 7 heteroatoms. The lowest BCUT2D eigenvalue weighted by atomic mass is 10.1. The van der Waals surface area contributed by atoms with E-state index in [0.717, 1.165) is 68.4 Å². The summed E-state index contributed by atoms with van der Waals surface area (Å²) in [5, 5.41) is 0. The third kappa shape index (κ3) is 4.18. The summed E-state index contributed by atoms with van der Waals surface area (Å²) < 4.78 is 0. The topological polar surface area (TPSA) is 61.3 Å². The lowest BCUT2D eigenvalue weighted by Gasteiger charge is -2.36. The molecular formula is C21H31N7. The Hall–Kier alpha value is -2.44. The van der Waals surface area contributed by atoms with Gasteiger partial charge in [-0.2, -0.15) is 0 Å². The van der Waals surface area contributed by atoms with Crippen LogP contribution in [-0.2, 0) is 0 Å². The fourth-order valence-electron chi connectivity index (χ4n) is 3.97. The van der Waals surface area contributed by atoms with Crippen molar-refractivity contribution in [3.63, 3.8) is 0 Å². The molecule has 150 valence electrons. The highest BCUT2D eigenvalue weighted by molar-refractivity contribution is 5.52. The second-order valence-corrected chi connectivity index (χ2v) is 8.08. The first-order valence-corrected chi connectivity index (χ1v) is 10.5. The third-order valence-corrected chi connectivity index (χ3v) is 5.59. The maximum atomic E-state index is 4.75. The molecule has 7 nitrogen and oxygen atoms in total. The van der Waals surface area contributed by atoms with Crippen molar-refractivity contribution in [3.8, 4) is 0 Å². The van der Waals surface area contributed by atoms with Crippen LogP contribution in [0, 0.1) is 6.92 Å². The van der Waals surface area contributed by atoms with E-state index in [2.05, 4.69) is 39.6 Å². The molecule has 2 fully saturated rings. The Morgan fingerprint density at radius 3 is 1.93 bits per heavy atom. The Balaban J connectivity index is 1.45. The smallest absolute Gasteiger partial charge is 0.134 e. The van der Waals surface area contributed by atoms with Crippen molar-refractivity contribution in [3.05, 3.63) is 30.0 Å². The fraction of sp³-hybridized carbons (Fsp3) is 0.619. The maximum Gasteiger partial charge on any atom is 0.134 e. The summed E-state index contributed by atoms with van der Waals surface area (Å²) in [4.78, 5) is 25.7. The van der Waals surface area contributed by atoms with Crippen LogP contribution in [0.3, 0.4) is 0 Å². The van der Waals surface area contributed by atoms with Gasteiger partial charge in [-0.1, -0.05) is 13.8 Å². The van der Waals surface area contributed by atoms with Crippen LogP contribution in [0.5, 0.6) is 0 Å². The number of nitrogens with zero attached hydrogens (tertiary/aromatic N) is 7. The van der Waals surface area contributed by atoms with Crippen LogP contribution in [0.2, 0.25) is 0 Å². The van der Waals surface area contributed by atoms with Crippen LogP contribution in [0.1, 0.15) is 50.7 Å². The summed E-state index contributed by atoms with van der Waals surface area (Å²) >= 11 is 0. The van der Waals surface area contributed by atoms with Gasteiger partial charge in [0.15, 0.2) is 0 Å². The van der Waals surface area contributed by atoms with E-state index in [0.29, 0.717) is 5.92 Å². The minimum atomic E-state index is 0.346. The summed E-state index contributed by atoms with van der Waals surface area (Å²) in [6.07, 6.45) is 5.72. The van der Waals surface area contributed by atoms with E-state index in [1.54, 1.807) is 0 Å². The number of aryl methyl sites for hydroxylation is 1. The predicted molar refractivity (Wildman–Crippen MR) is 113 cm³/mol. The average Bonchev–Trinajstić information content (AvgIpc) is 2.74. The van der Waals surface area contributed by atoms with Gasteiger partial charge >= 0.3 is 0 Å². The van der Waals surface area contributed by atoms with Gasteiger partial charge < -0.3 is 14.7 Å². The molecule has 0 amide bonds. The predicted octanol–water partition coefficient (Wildman–Crippen LogP) is 3.02. The van der Waals surface area contributed by atoms with Crippen molar-refractivity contribution in [2.75, 3.05) is 54.0 Å². The highest BCUT2D eigenvalue weighted by Gasteiger charge is 2.22. The number of anilines is 3. The summed E-state index contributed by atoms with van der Waals surface area (Å²) in [5.74, 6) is 5.29. The van der Waals surface area contributed by atoms with Gasteiger partial charge in [0.25, 0.3) is 0 Å². The molecular weight excluding hydrogens is 350 g/mol. The van der Waals surface area contributed by atoms with Gasteiger partial charge in [-0.3, -0.25) is 0 Å². The van der Waals surface area contributed by atoms with E-state index in [1.807, 2.05) is 19.2 Å². The Kier molecular flexibility index (Phi) is 5.59. The molecule has 2 saturated heterocycles. The molecule has 0 radical (unpaired) electrons. The Morgan fingerprint density at radius 1 is 0.750 bits per heavy atom. The molecule has 4 rings (SSSR count). The minimum absolute atomic E-state index is 0.346. The quantitative estimate of drug-likeness (QED) is 0.807. The van der Waals surface area contributed by atoms with Crippen molar-refractivity contribution in [2.45, 2.75) is 46.0 Å². The number of rotatable bonds is 4. The zero-order chi connectivity index (χ0) is 19.5. The van der Waals surface area contributed by atoms with E-state index in [-0.39, 0.29) is 0 Å². The van der Waals surface area contributed by atoms with Crippen molar-refractivity contribution in [1.29, 1.82) is 0 Å². The zero-order valence-electron chi connectivity index (χ0n) is 17.3. The molecule has 0 aliphatic carbocycles. The highest BCUT2D eigenvalue weighted by Crippen LogP contribution is 2.24. The van der Waals surface area contributed by atoms with Gasteiger partial charge in [0.2, 0.25) is 0 Å². The first-order valence-electron chi connectivity index (χ1n) is 10.5. The van der Waals surface area contributed by atoms with Crippen LogP contribution in [0.25, 0.3) is 0 Å². The highest BCUT2D eigenvalue weighted by atomic mass is 15.3. The third-order valence-electron chi connectivity index (χ3n) is 5.59. The monoisotopic (exact) mass is 381 g/mol. The Labute approximate surface area is 167 Å². The maximum absolute atomic E-state index is 4.75. The van der Waals surface area contributed by atoms with Gasteiger partial charge in [0.05, 0.1) is 0 Å². The lowest BCUT2D eigenvalue weighted by Crippen LogP contribution is -2.47. The molecule has 2 aromatic rings. The van der Waals surface area contributed by atoms with E-state index in [1.165, 1.54) is 19.3 Å². The number of hydrogen-bond donors (Lipinski definition) is 0. The molecule has 0 aromatic carbocycles. The molecule has 0 atom stereocenters. The van der Waals surface area contributed by atoms with E-state index in [4.69, 9.17) is 15.0 Å². The van der Waals surface area contributed by atoms with Gasteiger partial charge in [-0.15, -0.1) is 0 Å². The zero-order valence-corrected chi connectivity index (χ0v) is 17.3. The first-order chi connectivity index (χ1) is 13.6. The molecule has 0 bridgehead atoms. The average molecular weight is 382 g/mol. The lowest BCUT2D eigenvalue weighted by molar-refractivity contribution is 0.572. The van der Waals surface area contributed by atoms with Crippen molar-refractivity contribution in [2.24, 2.45) is 0 Å². The number of aromatic nitrogens is 4. The van der Waals surface area contributed by atoms with Crippen molar-refractivity contribution in [1.82, 2.24) is 19.9 Å². The Morgan fingerprint density at radius 2 is 1.32 bits per heavy atom. The SMILES string of the molecule is Cc1nc(N2CCCCC2)cc(N2CCN(c3ccnc(C(C)C)n3)CC2)n1. The second-order valence-electron chi connectivity index (χ2n) is 8.08. The largest absolute Gasteiger partial charge is 0.356 e. The van der Waals surface area contributed by atoms with Crippen LogP contribution in [0.4, 0.5) is 17.5 Å². The summed E-state index contributed by atoms with van der Waals surface area (Å²) in [6, 6.07) is 4.19. The molecule has 0 unspecified atom stereocenters. The van der Waals surface area contributed by atoms with Crippen LogP contribution >= 0.6 is 0 Å². The molecule has 0 saturated carbocycles. The summed E-state index contributed by atoms with van der Waals surface area (Å²) in [7, 11) is 0. The first kappa shape index (κ1) is 18.9. The minimum Gasteiger partial charge on any atom is -0.356 e. The van der Waals surface area contributed by atoms with Gasteiger partial charge in [-0.05, 0) is 32.3 Å². The molecule has 0 N–H and O–H groups in total. The molecule has 28 heavy (non-hydrogen) atoms. The standard InChI is InChI=1S/C21H31N7/c1-16(2)21-22-8-7-18(25-21)27-11-13-28(14-12-27)20-15-19(23-17(3)24-20)26-9-5-4-6-10-26/h7-8,15-16H,4-6,9-14H2,1-3H3. The number of piperazine rings is 1. The van der Waals surface area contributed by atoms with Crippen molar-refractivity contribution < 1.29 is 0 Å². The number of piperidine rings is 1. The van der Waals surface area contributed by atoms with Crippen molar-refractivity contribution >= 4 is 17.5 Å². The summed E-state index contributed by atoms with van der Waals surface area (Å²) in [6.45, 7) is 12.2. The number of hydrogen-bond acceptors (Lipinski definition) is 7. The van der Waals surface area contributed by atoms with Crippen LogP contribution < -0.4 is 14.7 Å². The van der Waals surface area contributed by atoms with Gasteiger partial charge in [0.1, 0.15) is 29.1 Å². The molecule has 2 aliphatic rings. The van der Waals surface area contributed by atoms with E-state index >= 15 is 0 Å². The normalized spacial score (nSPS) is 18.1. The van der Waals surface area contributed by atoms with Gasteiger partial charge in [-0.25, -0.2) is 19.9 Å². The molecule has 2 aliphatic heterocycles. The molecule has 2 aromatic heterocycles. The Bertz CT molecular complexity index is 793. The molecule has 0 spiro atoms.